The minimum atomic E-state index is -0.411. The predicted octanol–water partition coefficient (Wildman–Crippen LogP) is 4.33. The van der Waals surface area contributed by atoms with Crippen LogP contribution in [0.3, 0.4) is 0 Å². The van der Waals surface area contributed by atoms with Crippen molar-refractivity contribution in [2.24, 2.45) is 5.92 Å². The van der Waals surface area contributed by atoms with Crippen LogP contribution in [0.2, 0.25) is 0 Å². The highest BCUT2D eigenvalue weighted by molar-refractivity contribution is 7.16. The van der Waals surface area contributed by atoms with Gasteiger partial charge in [-0.3, -0.25) is 9.20 Å². The lowest BCUT2D eigenvalue weighted by Gasteiger charge is -2.38. The van der Waals surface area contributed by atoms with Crippen molar-refractivity contribution in [3.63, 3.8) is 0 Å². The van der Waals surface area contributed by atoms with Crippen molar-refractivity contribution < 1.29 is 14.3 Å². The average molecular weight is 624 g/mol. The number of aliphatic hydroxyl groups is 1. The summed E-state index contributed by atoms with van der Waals surface area (Å²) in [5.41, 5.74) is 4.15. The Kier molecular flexibility index (Phi) is 7.18. The normalized spacial score (nSPS) is 15.5. The van der Waals surface area contributed by atoms with Crippen molar-refractivity contribution in [3.8, 4) is 28.5 Å². The van der Waals surface area contributed by atoms with Crippen molar-refractivity contribution in [2.45, 2.75) is 31.7 Å². The van der Waals surface area contributed by atoms with Gasteiger partial charge < -0.3 is 20.2 Å². The number of nitrogens with zero attached hydrogens (tertiary/aromatic N) is 8. The Morgan fingerprint density at radius 3 is 2.49 bits per heavy atom. The predicted molar refractivity (Wildman–Crippen MR) is 169 cm³/mol. The maximum atomic E-state index is 13.5. The molecule has 1 saturated carbocycles. The number of aliphatic hydroxyl groups excluding tert-OH is 1. The summed E-state index contributed by atoms with van der Waals surface area (Å²) in [5, 5.41) is 22.9. The quantitative estimate of drug-likeness (QED) is 0.246. The van der Waals surface area contributed by atoms with Gasteiger partial charge in [-0.25, -0.2) is 24.3 Å². The topological polar surface area (TPSA) is 136 Å². The Hall–Kier alpha value is -4.93. The van der Waals surface area contributed by atoms with Crippen LogP contribution >= 0.6 is 11.3 Å². The van der Waals surface area contributed by atoms with E-state index >= 15 is 0 Å². The van der Waals surface area contributed by atoms with E-state index in [-0.39, 0.29) is 24.2 Å². The van der Waals surface area contributed by atoms with Gasteiger partial charge in [0.15, 0.2) is 5.13 Å². The van der Waals surface area contributed by atoms with E-state index in [1.54, 1.807) is 24.5 Å². The molecule has 1 saturated heterocycles. The van der Waals surface area contributed by atoms with E-state index in [0.717, 1.165) is 41.1 Å². The molecule has 0 spiro atoms. The molecule has 5 heterocycles. The summed E-state index contributed by atoms with van der Waals surface area (Å²) in [6.45, 7) is 3.10. The number of aryl methyl sites for hydroxylation is 1. The fraction of sp³-hybridized carbons (Fsp3) is 0.312. The van der Waals surface area contributed by atoms with Crippen LogP contribution in [0.4, 0.5) is 21.3 Å². The summed E-state index contributed by atoms with van der Waals surface area (Å²) in [6, 6.07) is 12.1. The highest BCUT2D eigenvalue weighted by atomic mass is 32.1. The van der Waals surface area contributed by atoms with Crippen LogP contribution in [0.5, 0.6) is 0 Å². The lowest BCUT2D eigenvalue weighted by molar-refractivity contribution is -0.127. The van der Waals surface area contributed by atoms with E-state index in [1.807, 2.05) is 46.5 Å². The Balaban J connectivity index is 1.12. The maximum absolute atomic E-state index is 13.5. The van der Waals surface area contributed by atoms with Gasteiger partial charge >= 0.3 is 0 Å². The number of nitrogens with one attached hydrogen (secondary N) is 1. The number of carbonyl (C=O) groups is 1. The molecular weight excluding hydrogens is 593 g/mol. The van der Waals surface area contributed by atoms with Crippen LogP contribution in [0.1, 0.15) is 30.3 Å². The molecule has 1 aliphatic carbocycles. The Morgan fingerprint density at radius 2 is 1.84 bits per heavy atom. The van der Waals surface area contributed by atoms with Gasteiger partial charge in [-0.15, -0.1) is 0 Å². The van der Waals surface area contributed by atoms with Crippen LogP contribution < -0.4 is 15.1 Å². The molecule has 0 radical (unpaired) electrons. The molecule has 1 aliphatic heterocycles. The molecule has 5 aromatic rings. The van der Waals surface area contributed by atoms with Gasteiger partial charge in [0.25, 0.3) is 0 Å². The first-order valence-electron chi connectivity index (χ1n) is 14.7. The summed E-state index contributed by atoms with van der Waals surface area (Å²) in [7, 11) is 1.90. The summed E-state index contributed by atoms with van der Waals surface area (Å²) in [4.78, 5) is 35.7. The number of anilines is 3. The third kappa shape index (κ3) is 5.26. The van der Waals surface area contributed by atoms with E-state index in [1.165, 1.54) is 23.5 Å². The number of aromatic nitrogens is 5. The molecule has 2 aliphatic rings. The van der Waals surface area contributed by atoms with Gasteiger partial charge in [0.2, 0.25) is 11.9 Å². The van der Waals surface area contributed by atoms with E-state index < -0.39 is 5.54 Å². The van der Waals surface area contributed by atoms with Gasteiger partial charge in [-0.05, 0) is 55.7 Å². The molecule has 7 rings (SSSR count). The van der Waals surface area contributed by atoms with Gasteiger partial charge in [0.05, 0.1) is 23.8 Å². The molecule has 0 atom stereocenters. The van der Waals surface area contributed by atoms with Gasteiger partial charge in [-0.2, -0.15) is 5.26 Å². The molecule has 228 valence electrons. The summed E-state index contributed by atoms with van der Waals surface area (Å²) < 4.78 is 15.5. The molecule has 11 nitrogen and oxygen atoms in total. The van der Waals surface area contributed by atoms with Crippen LogP contribution in [0, 0.1) is 23.1 Å². The summed E-state index contributed by atoms with van der Waals surface area (Å²) in [5.74, 6) is 0.882. The second-order valence-corrected chi connectivity index (χ2v) is 12.5. The molecule has 2 fully saturated rings. The van der Waals surface area contributed by atoms with Crippen molar-refractivity contribution >= 4 is 39.8 Å². The van der Waals surface area contributed by atoms with Crippen molar-refractivity contribution in [2.75, 3.05) is 36.5 Å². The van der Waals surface area contributed by atoms with Crippen molar-refractivity contribution in [3.05, 3.63) is 71.4 Å². The zero-order valence-electron chi connectivity index (χ0n) is 24.7. The van der Waals surface area contributed by atoms with Crippen molar-refractivity contribution in [1.82, 2.24) is 29.7 Å². The van der Waals surface area contributed by atoms with Crippen LogP contribution in [-0.2, 0) is 11.2 Å². The third-order valence-electron chi connectivity index (χ3n) is 8.49. The molecule has 13 heteroatoms. The third-order valence-corrected chi connectivity index (χ3v) is 9.53. The molecule has 0 bridgehead atoms. The molecule has 4 aromatic heterocycles. The molecule has 1 aromatic carbocycles. The van der Waals surface area contributed by atoms with Gasteiger partial charge in [0.1, 0.15) is 33.9 Å². The number of benzene rings is 1. The highest BCUT2D eigenvalue weighted by Crippen LogP contribution is 2.38. The molecule has 0 unspecified atom stereocenters. The lowest BCUT2D eigenvalue weighted by atomic mass is 9.99. The number of hydrogen-bond donors (Lipinski definition) is 2. The molecule has 2 N–H and O–H groups in total. The zero-order chi connectivity index (χ0) is 31.3. The standard InChI is InChI=1S/C32H30FN9O2S/c1-3-24-29(40(2)31-38-27(25(12-34)45-31)19-4-7-23(33)8-5-19)42-17-20(6-9-26(42)37-24)21-13-35-30(36-14-21)41-15-22(16-41)28(44)39-32(18-43)10-11-32/h4-9,13-14,17,22,43H,3,10-11,15-16,18H2,1-2H3,(H,39,44). The second-order valence-electron chi connectivity index (χ2n) is 11.5. The molecule has 45 heavy (non-hydrogen) atoms. The number of rotatable bonds is 9. The SMILES string of the molecule is CCc1nc2ccc(-c3cnc(N4CC(C(=O)NC5(CO)CC5)C4)nc3)cn2c1N(C)c1nc(-c2ccc(F)cc2)c(C#N)s1. The van der Waals surface area contributed by atoms with Crippen molar-refractivity contribution in [1.29, 1.82) is 5.26 Å². The first kappa shape index (κ1) is 28.8. The van der Waals surface area contributed by atoms with E-state index in [4.69, 9.17) is 9.97 Å². The Bertz CT molecular complexity index is 1940. The van der Waals surface area contributed by atoms with Gasteiger partial charge in [0, 0.05) is 55.4 Å². The number of pyridine rings is 1. The zero-order valence-corrected chi connectivity index (χ0v) is 25.6. The number of hydrogen-bond acceptors (Lipinski definition) is 10. The van der Waals surface area contributed by atoms with Crippen LogP contribution in [0.25, 0.3) is 28.0 Å². The Morgan fingerprint density at radius 1 is 1.13 bits per heavy atom. The fourth-order valence-corrected chi connectivity index (χ4v) is 6.39. The maximum Gasteiger partial charge on any atom is 0.227 e. The molecule has 1 amide bonds. The highest BCUT2D eigenvalue weighted by Gasteiger charge is 2.46. The number of halogens is 1. The van der Waals surface area contributed by atoms with E-state index in [9.17, 15) is 19.6 Å². The number of fused-ring (bicyclic) bond motifs is 1. The minimum Gasteiger partial charge on any atom is -0.394 e. The fourth-order valence-electron chi connectivity index (χ4n) is 5.54. The van der Waals surface area contributed by atoms with E-state index in [2.05, 4.69) is 21.4 Å². The summed E-state index contributed by atoms with van der Waals surface area (Å²) in [6.07, 6.45) is 7.87. The lowest BCUT2D eigenvalue weighted by Crippen LogP contribution is -2.56. The monoisotopic (exact) mass is 623 g/mol. The Labute approximate surface area is 262 Å². The largest absolute Gasteiger partial charge is 0.394 e. The number of thiazole rings is 1. The summed E-state index contributed by atoms with van der Waals surface area (Å²) >= 11 is 1.27. The number of nitriles is 1. The number of carbonyl (C=O) groups excluding carboxylic acids is 1. The molecular formula is C32H30FN9O2S. The first-order chi connectivity index (χ1) is 21.8. The van der Waals surface area contributed by atoms with E-state index in [0.29, 0.717) is 46.7 Å². The number of amides is 1. The van der Waals surface area contributed by atoms with Crippen LogP contribution in [0.15, 0.2) is 55.0 Å². The minimum absolute atomic E-state index is 0.0202. The smallest absolute Gasteiger partial charge is 0.227 e. The first-order valence-corrected chi connectivity index (χ1v) is 15.5. The van der Waals surface area contributed by atoms with Gasteiger partial charge in [-0.1, -0.05) is 18.3 Å². The van der Waals surface area contributed by atoms with Crippen LogP contribution in [-0.4, -0.2) is 67.6 Å². The average Bonchev–Trinajstić information content (AvgIpc) is 3.50. The number of imidazole rings is 1. The second kappa shape index (κ2) is 11.2.